The van der Waals surface area contributed by atoms with Gasteiger partial charge in [-0.25, -0.2) is 9.97 Å². The Labute approximate surface area is 134 Å². The number of nitrogens with one attached hydrogen (secondary N) is 1. The topological polar surface area (TPSA) is 67.4 Å². The van der Waals surface area contributed by atoms with E-state index in [-0.39, 0.29) is 24.0 Å². The second-order valence-corrected chi connectivity index (χ2v) is 5.95. The summed E-state index contributed by atoms with van der Waals surface area (Å²) >= 11 is 0. The van der Waals surface area contributed by atoms with Gasteiger partial charge in [-0.15, -0.1) is 0 Å². The number of ether oxygens (including phenoxy) is 1. The van der Waals surface area contributed by atoms with Crippen LogP contribution in [-0.2, 0) is 9.53 Å². The van der Waals surface area contributed by atoms with E-state index in [1.165, 1.54) is 0 Å². The van der Waals surface area contributed by atoms with Crippen LogP contribution in [0.5, 0.6) is 0 Å². The number of morpholine rings is 1. The van der Waals surface area contributed by atoms with Gasteiger partial charge in [0.1, 0.15) is 0 Å². The molecule has 2 bridgehead atoms. The van der Waals surface area contributed by atoms with Crippen molar-refractivity contribution in [2.45, 2.75) is 18.6 Å². The molecule has 2 saturated heterocycles. The molecular weight excluding hydrogens is 292 g/mol. The van der Waals surface area contributed by atoms with Crippen LogP contribution in [0.25, 0.3) is 0 Å². The summed E-state index contributed by atoms with van der Waals surface area (Å²) in [5, 5.41) is 2.98. The molecule has 0 spiro atoms. The summed E-state index contributed by atoms with van der Waals surface area (Å²) in [5.41, 5.74) is 0.821. The monoisotopic (exact) mass is 310 g/mol. The predicted molar refractivity (Wildman–Crippen MR) is 86.1 cm³/mol. The van der Waals surface area contributed by atoms with Crippen molar-refractivity contribution in [1.29, 1.82) is 0 Å². The molecule has 1 N–H and O–H groups in total. The Balaban J connectivity index is 1.45. The number of carbonyl (C=O) groups is 1. The minimum Gasteiger partial charge on any atom is -0.370 e. The number of para-hydroxylation sites is 1. The highest BCUT2D eigenvalue weighted by molar-refractivity contribution is 5.93. The van der Waals surface area contributed by atoms with Crippen molar-refractivity contribution in [2.24, 2.45) is 5.92 Å². The highest BCUT2D eigenvalue weighted by atomic mass is 16.5. The van der Waals surface area contributed by atoms with Crippen molar-refractivity contribution in [3.05, 3.63) is 48.8 Å². The smallest absolute Gasteiger partial charge is 0.230 e. The lowest BCUT2D eigenvalue weighted by molar-refractivity contribution is -0.121. The number of fused-ring (bicyclic) bond motifs is 2. The van der Waals surface area contributed by atoms with Gasteiger partial charge in [0.25, 0.3) is 0 Å². The fourth-order valence-electron chi connectivity index (χ4n) is 3.31. The SMILES string of the molecule is O=C(Nc1ccccc1)[C@H]1C[C@@H]2CN(c3ncccn3)C[C@H]1O2. The third-order valence-corrected chi connectivity index (χ3v) is 4.37. The first-order valence-electron chi connectivity index (χ1n) is 7.83. The maximum Gasteiger partial charge on any atom is 0.230 e. The van der Waals surface area contributed by atoms with E-state index in [4.69, 9.17) is 4.74 Å². The van der Waals surface area contributed by atoms with E-state index in [1.807, 2.05) is 30.3 Å². The summed E-state index contributed by atoms with van der Waals surface area (Å²) in [4.78, 5) is 23.3. The van der Waals surface area contributed by atoms with E-state index >= 15 is 0 Å². The van der Waals surface area contributed by atoms with E-state index in [9.17, 15) is 4.79 Å². The lowest BCUT2D eigenvalue weighted by Gasteiger charge is -2.32. The Hall–Kier alpha value is -2.47. The number of anilines is 2. The third kappa shape index (κ3) is 2.90. The number of nitrogens with zero attached hydrogens (tertiary/aromatic N) is 3. The van der Waals surface area contributed by atoms with Gasteiger partial charge >= 0.3 is 0 Å². The molecule has 0 radical (unpaired) electrons. The Morgan fingerprint density at radius 2 is 1.91 bits per heavy atom. The van der Waals surface area contributed by atoms with Crippen molar-refractivity contribution in [3.63, 3.8) is 0 Å². The van der Waals surface area contributed by atoms with Crippen molar-refractivity contribution >= 4 is 17.5 Å². The minimum atomic E-state index is -0.131. The number of aromatic nitrogens is 2. The van der Waals surface area contributed by atoms with Gasteiger partial charge in [0, 0.05) is 31.2 Å². The summed E-state index contributed by atoms with van der Waals surface area (Å²) in [6.45, 7) is 1.38. The van der Waals surface area contributed by atoms with Crippen LogP contribution in [0.4, 0.5) is 11.6 Å². The Morgan fingerprint density at radius 3 is 2.70 bits per heavy atom. The fraction of sp³-hybridized carbons (Fsp3) is 0.353. The number of amides is 1. The standard InChI is InChI=1S/C17H18N4O2/c22-16(20-12-5-2-1-3-6-12)14-9-13-10-21(11-15(14)23-13)17-18-7-4-8-19-17/h1-8,13-15H,9-11H2,(H,20,22)/t13-,14+,15-/m1/s1. The molecule has 2 aliphatic heterocycles. The molecule has 4 rings (SSSR count). The predicted octanol–water partition coefficient (Wildman–Crippen LogP) is 1.71. The van der Waals surface area contributed by atoms with Crippen molar-refractivity contribution < 1.29 is 9.53 Å². The number of carbonyl (C=O) groups excluding carboxylic acids is 1. The second-order valence-electron chi connectivity index (χ2n) is 5.95. The summed E-state index contributed by atoms with van der Waals surface area (Å²) in [7, 11) is 0. The van der Waals surface area contributed by atoms with E-state index in [1.54, 1.807) is 18.5 Å². The van der Waals surface area contributed by atoms with E-state index < -0.39 is 0 Å². The normalized spacial score (nSPS) is 26.1. The number of hydrogen-bond acceptors (Lipinski definition) is 5. The molecular formula is C17H18N4O2. The van der Waals surface area contributed by atoms with Crippen LogP contribution in [0.2, 0.25) is 0 Å². The van der Waals surface area contributed by atoms with Crippen LogP contribution in [-0.4, -0.2) is 41.2 Å². The average molecular weight is 310 g/mol. The molecule has 118 valence electrons. The van der Waals surface area contributed by atoms with Gasteiger partial charge in [-0.05, 0) is 24.6 Å². The number of benzene rings is 1. The molecule has 6 heteroatoms. The molecule has 0 unspecified atom stereocenters. The van der Waals surface area contributed by atoms with Gasteiger partial charge in [-0.1, -0.05) is 18.2 Å². The van der Waals surface area contributed by atoms with Gasteiger partial charge in [-0.2, -0.15) is 0 Å². The minimum absolute atomic E-state index is 0.0273. The number of hydrogen-bond donors (Lipinski definition) is 1. The molecule has 1 aromatic carbocycles. The van der Waals surface area contributed by atoms with Crippen molar-refractivity contribution in [3.8, 4) is 0 Å². The zero-order chi connectivity index (χ0) is 15.6. The van der Waals surface area contributed by atoms with Crippen LogP contribution in [0.1, 0.15) is 6.42 Å². The summed E-state index contributed by atoms with van der Waals surface area (Å²) < 4.78 is 5.96. The molecule has 0 aliphatic carbocycles. The van der Waals surface area contributed by atoms with Gasteiger partial charge < -0.3 is 15.0 Å². The molecule has 2 aromatic rings. The highest BCUT2D eigenvalue weighted by Gasteiger charge is 2.45. The van der Waals surface area contributed by atoms with Gasteiger partial charge in [-0.3, -0.25) is 4.79 Å². The fourth-order valence-corrected chi connectivity index (χ4v) is 3.31. The van der Waals surface area contributed by atoms with E-state index in [2.05, 4.69) is 20.2 Å². The first kappa shape index (κ1) is 14.1. The van der Waals surface area contributed by atoms with Crippen LogP contribution in [0.15, 0.2) is 48.8 Å². The van der Waals surface area contributed by atoms with Gasteiger partial charge in [0.15, 0.2) is 0 Å². The zero-order valence-corrected chi connectivity index (χ0v) is 12.6. The quantitative estimate of drug-likeness (QED) is 0.935. The lowest BCUT2D eigenvalue weighted by Crippen LogP contribution is -2.45. The largest absolute Gasteiger partial charge is 0.370 e. The zero-order valence-electron chi connectivity index (χ0n) is 12.6. The van der Waals surface area contributed by atoms with Crippen molar-refractivity contribution in [1.82, 2.24) is 9.97 Å². The van der Waals surface area contributed by atoms with Crippen LogP contribution >= 0.6 is 0 Å². The molecule has 3 atom stereocenters. The average Bonchev–Trinajstić information content (AvgIpc) is 2.90. The Bertz CT molecular complexity index is 680. The first-order valence-corrected chi connectivity index (χ1v) is 7.83. The summed E-state index contributed by atoms with van der Waals surface area (Å²) in [5.74, 6) is 0.600. The Kier molecular flexibility index (Phi) is 3.67. The maximum absolute atomic E-state index is 12.6. The summed E-state index contributed by atoms with van der Waals surface area (Å²) in [6.07, 6.45) is 4.16. The van der Waals surface area contributed by atoms with Crippen LogP contribution in [0.3, 0.4) is 0 Å². The van der Waals surface area contributed by atoms with E-state index in [0.717, 1.165) is 18.7 Å². The van der Waals surface area contributed by atoms with E-state index in [0.29, 0.717) is 12.5 Å². The van der Waals surface area contributed by atoms with Crippen LogP contribution < -0.4 is 10.2 Å². The summed E-state index contributed by atoms with van der Waals surface area (Å²) in [6, 6.07) is 11.3. The first-order chi connectivity index (χ1) is 11.3. The molecule has 0 saturated carbocycles. The Morgan fingerprint density at radius 1 is 1.13 bits per heavy atom. The lowest BCUT2D eigenvalue weighted by atomic mass is 9.99. The molecule has 2 aliphatic rings. The third-order valence-electron chi connectivity index (χ3n) is 4.37. The van der Waals surface area contributed by atoms with Gasteiger partial charge in [0.05, 0.1) is 18.1 Å². The molecule has 2 fully saturated rings. The molecule has 1 aromatic heterocycles. The molecule has 1 amide bonds. The molecule has 6 nitrogen and oxygen atoms in total. The highest BCUT2D eigenvalue weighted by Crippen LogP contribution is 2.33. The number of rotatable bonds is 3. The van der Waals surface area contributed by atoms with Gasteiger partial charge in [0.2, 0.25) is 11.9 Å². The molecule has 3 heterocycles. The van der Waals surface area contributed by atoms with Crippen molar-refractivity contribution in [2.75, 3.05) is 23.3 Å². The maximum atomic E-state index is 12.6. The second kappa shape index (κ2) is 5.96. The molecule has 23 heavy (non-hydrogen) atoms. The van der Waals surface area contributed by atoms with Crippen LogP contribution in [0, 0.1) is 5.92 Å².